The molecule has 2 N–H and O–H groups in total. The zero-order valence-corrected chi connectivity index (χ0v) is 17.5. The SMILES string of the molecule is CCSC1CCC(NC(=NCc2nnc(C)n2C)NCCCSC)C1. The Morgan fingerprint density at radius 2 is 2.20 bits per heavy atom. The molecule has 2 atom stereocenters. The lowest BCUT2D eigenvalue weighted by Gasteiger charge is -2.18. The van der Waals surface area contributed by atoms with Crippen LogP contribution in [0, 0.1) is 6.92 Å². The molecule has 0 aliphatic heterocycles. The van der Waals surface area contributed by atoms with Gasteiger partial charge in [0.2, 0.25) is 0 Å². The van der Waals surface area contributed by atoms with Crippen LogP contribution in [0.25, 0.3) is 0 Å². The Bertz CT molecular complexity index is 545. The quantitative estimate of drug-likeness (QED) is 0.387. The Balaban J connectivity index is 1.92. The summed E-state index contributed by atoms with van der Waals surface area (Å²) in [4.78, 5) is 4.76. The summed E-state index contributed by atoms with van der Waals surface area (Å²) in [7, 11) is 1.99. The molecule has 1 heterocycles. The normalized spacial score (nSPS) is 20.9. The van der Waals surface area contributed by atoms with Crippen LogP contribution in [0.3, 0.4) is 0 Å². The number of thioether (sulfide) groups is 2. The highest BCUT2D eigenvalue weighted by Gasteiger charge is 2.25. The van der Waals surface area contributed by atoms with Gasteiger partial charge in [0.25, 0.3) is 0 Å². The Labute approximate surface area is 160 Å². The van der Waals surface area contributed by atoms with Gasteiger partial charge in [-0.3, -0.25) is 0 Å². The fraction of sp³-hybridized carbons (Fsp3) is 0.824. The highest BCUT2D eigenvalue weighted by atomic mass is 32.2. The van der Waals surface area contributed by atoms with Crippen molar-refractivity contribution in [1.82, 2.24) is 25.4 Å². The maximum atomic E-state index is 4.76. The van der Waals surface area contributed by atoms with Crippen molar-refractivity contribution in [3.05, 3.63) is 11.6 Å². The van der Waals surface area contributed by atoms with Gasteiger partial charge in [0, 0.05) is 24.9 Å². The summed E-state index contributed by atoms with van der Waals surface area (Å²) in [6, 6.07) is 0.525. The molecule has 0 radical (unpaired) electrons. The molecule has 25 heavy (non-hydrogen) atoms. The summed E-state index contributed by atoms with van der Waals surface area (Å²) in [6.45, 7) is 5.71. The molecule has 142 valence electrons. The Kier molecular flexibility index (Phi) is 8.95. The van der Waals surface area contributed by atoms with Crippen molar-refractivity contribution in [2.75, 3.05) is 24.3 Å². The second-order valence-electron chi connectivity index (χ2n) is 6.39. The standard InChI is InChI=1S/C17H32N6S2/c1-5-25-15-8-7-14(11-15)20-17(18-9-6-10-24-4)19-12-16-22-21-13(2)23(16)3/h14-15H,5-12H2,1-4H3,(H2,18,19,20). The third-order valence-corrected chi connectivity index (χ3v) is 6.44. The summed E-state index contributed by atoms with van der Waals surface area (Å²) >= 11 is 3.97. The monoisotopic (exact) mass is 384 g/mol. The minimum absolute atomic E-state index is 0.525. The van der Waals surface area contributed by atoms with Gasteiger partial charge >= 0.3 is 0 Å². The molecule has 6 nitrogen and oxygen atoms in total. The van der Waals surface area contributed by atoms with Crippen LogP contribution in [-0.4, -0.2) is 56.3 Å². The largest absolute Gasteiger partial charge is 0.356 e. The Hall–Kier alpha value is -0.890. The van der Waals surface area contributed by atoms with Crippen LogP contribution in [-0.2, 0) is 13.6 Å². The van der Waals surface area contributed by atoms with Gasteiger partial charge in [-0.15, -0.1) is 10.2 Å². The third-order valence-electron chi connectivity index (χ3n) is 4.51. The number of guanidine groups is 1. The van der Waals surface area contributed by atoms with E-state index in [-0.39, 0.29) is 0 Å². The van der Waals surface area contributed by atoms with Crippen molar-refractivity contribution in [1.29, 1.82) is 0 Å². The fourth-order valence-electron chi connectivity index (χ4n) is 2.97. The van der Waals surface area contributed by atoms with Crippen molar-refractivity contribution in [3.8, 4) is 0 Å². The van der Waals surface area contributed by atoms with Gasteiger partial charge in [-0.05, 0) is 50.4 Å². The van der Waals surface area contributed by atoms with Crippen LogP contribution in [0.4, 0.5) is 0 Å². The first-order valence-electron chi connectivity index (χ1n) is 9.14. The molecular formula is C17H32N6S2. The summed E-state index contributed by atoms with van der Waals surface area (Å²) in [5, 5.41) is 16.2. The molecule has 0 aromatic carbocycles. The van der Waals surface area contributed by atoms with Crippen LogP contribution in [0.15, 0.2) is 4.99 Å². The van der Waals surface area contributed by atoms with Crippen LogP contribution in [0.5, 0.6) is 0 Å². The lowest BCUT2D eigenvalue weighted by molar-refractivity contribution is 0.610. The van der Waals surface area contributed by atoms with Crippen LogP contribution in [0.1, 0.15) is 44.3 Å². The first-order valence-corrected chi connectivity index (χ1v) is 11.6. The van der Waals surface area contributed by atoms with Crippen molar-refractivity contribution in [2.45, 2.75) is 57.4 Å². The minimum atomic E-state index is 0.525. The molecule has 2 unspecified atom stereocenters. The van der Waals surface area contributed by atoms with E-state index in [1.54, 1.807) is 0 Å². The first kappa shape index (κ1) is 20.4. The molecule has 1 fully saturated rings. The average Bonchev–Trinajstić information content (AvgIpc) is 3.17. The van der Waals surface area contributed by atoms with Crippen molar-refractivity contribution >= 4 is 29.5 Å². The highest BCUT2D eigenvalue weighted by Crippen LogP contribution is 2.29. The van der Waals surface area contributed by atoms with E-state index in [2.05, 4.69) is 45.8 Å². The summed E-state index contributed by atoms with van der Waals surface area (Å²) in [5.41, 5.74) is 0. The van der Waals surface area contributed by atoms with Gasteiger partial charge in [0.05, 0.1) is 0 Å². The van der Waals surface area contributed by atoms with Crippen LogP contribution < -0.4 is 10.6 Å². The zero-order valence-electron chi connectivity index (χ0n) is 15.9. The molecular weight excluding hydrogens is 352 g/mol. The molecule has 0 bridgehead atoms. The molecule has 8 heteroatoms. The number of aromatic nitrogens is 3. The van der Waals surface area contributed by atoms with E-state index in [0.717, 1.165) is 35.8 Å². The van der Waals surface area contributed by atoms with E-state index in [1.165, 1.54) is 30.8 Å². The topological polar surface area (TPSA) is 67.1 Å². The Morgan fingerprint density at radius 3 is 2.88 bits per heavy atom. The lowest BCUT2D eigenvalue weighted by Crippen LogP contribution is -2.43. The number of aliphatic imine (C=N–C) groups is 1. The van der Waals surface area contributed by atoms with E-state index < -0.39 is 0 Å². The van der Waals surface area contributed by atoms with E-state index in [0.29, 0.717) is 12.6 Å². The van der Waals surface area contributed by atoms with Gasteiger partial charge < -0.3 is 15.2 Å². The van der Waals surface area contributed by atoms with Crippen molar-refractivity contribution in [3.63, 3.8) is 0 Å². The van der Waals surface area contributed by atoms with Crippen molar-refractivity contribution < 1.29 is 0 Å². The summed E-state index contributed by atoms with van der Waals surface area (Å²) < 4.78 is 2.00. The maximum absolute atomic E-state index is 4.76. The lowest BCUT2D eigenvalue weighted by atomic mass is 10.2. The van der Waals surface area contributed by atoms with Gasteiger partial charge in [-0.25, -0.2) is 4.99 Å². The zero-order chi connectivity index (χ0) is 18.1. The molecule has 1 aliphatic carbocycles. The van der Waals surface area contributed by atoms with E-state index in [9.17, 15) is 0 Å². The Morgan fingerprint density at radius 1 is 1.36 bits per heavy atom. The minimum Gasteiger partial charge on any atom is -0.356 e. The molecule has 0 amide bonds. The number of hydrogen-bond acceptors (Lipinski definition) is 5. The molecule has 1 aliphatic rings. The van der Waals surface area contributed by atoms with Gasteiger partial charge in [0.1, 0.15) is 12.4 Å². The van der Waals surface area contributed by atoms with Gasteiger partial charge in [-0.2, -0.15) is 23.5 Å². The third kappa shape index (κ3) is 6.73. The van der Waals surface area contributed by atoms with E-state index in [1.807, 2.05) is 30.3 Å². The summed E-state index contributed by atoms with van der Waals surface area (Å²) in [5.74, 6) is 5.10. The van der Waals surface area contributed by atoms with Crippen LogP contribution >= 0.6 is 23.5 Å². The van der Waals surface area contributed by atoms with E-state index in [4.69, 9.17) is 4.99 Å². The van der Waals surface area contributed by atoms with Crippen molar-refractivity contribution in [2.24, 2.45) is 12.0 Å². The molecule has 0 spiro atoms. The molecule has 1 aromatic rings. The molecule has 2 rings (SSSR count). The average molecular weight is 385 g/mol. The fourth-order valence-corrected chi connectivity index (χ4v) is 4.54. The number of hydrogen-bond donors (Lipinski definition) is 2. The van der Waals surface area contributed by atoms with Crippen LogP contribution in [0.2, 0.25) is 0 Å². The summed E-state index contributed by atoms with van der Waals surface area (Å²) in [6.07, 6.45) is 7.05. The molecule has 1 saturated carbocycles. The number of nitrogens with zero attached hydrogens (tertiary/aromatic N) is 4. The van der Waals surface area contributed by atoms with Gasteiger partial charge in [0.15, 0.2) is 11.8 Å². The second kappa shape index (κ2) is 11.0. The predicted molar refractivity (Wildman–Crippen MR) is 111 cm³/mol. The molecule has 1 aromatic heterocycles. The number of nitrogens with one attached hydrogen (secondary N) is 2. The maximum Gasteiger partial charge on any atom is 0.191 e. The highest BCUT2D eigenvalue weighted by molar-refractivity contribution is 7.99. The molecule has 0 saturated heterocycles. The smallest absolute Gasteiger partial charge is 0.191 e. The predicted octanol–water partition coefficient (Wildman–Crippen LogP) is 2.59. The van der Waals surface area contributed by atoms with Gasteiger partial charge in [-0.1, -0.05) is 6.92 Å². The first-order chi connectivity index (χ1) is 12.1. The second-order valence-corrected chi connectivity index (χ2v) is 8.96. The number of aryl methyl sites for hydroxylation is 1. The number of rotatable bonds is 9. The van der Waals surface area contributed by atoms with E-state index >= 15 is 0 Å².